The van der Waals surface area contributed by atoms with Gasteiger partial charge in [-0.15, -0.1) is 0 Å². The third-order valence-electron chi connectivity index (χ3n) is 8.52. The summed E-state index contributed by atoms with van der Waals surface area (Å²) in [4.78, 5) is 15.2. The summed E-state index contributed by atoms with van der Waals surface area (Å²) in [6, 6.07) is 32.4. The molecule has 40 heavy (non-hydrogen) atoms. The summed E-state index contributed by atoms with van der Waals surface area (Å²) < 4.78 is 2.44. The lowest BCUT2D eigenvalue weighted by molar-refractivity contribution is 0.630. The SMILES string of the molecule is CC1(C)c2ccccc2-n2c3ccccc3c3cc(-c4nc(-c5ccccc5)nc(C5C=CC=CC5)n4)cc1c32. The van der Waals surface area contributed by atoms with Crippen LogP contribution in [0.1, 0.15) is 43.1 Å². The van der Waals surface area contributed by atoms with Crippen LogP contribution in [0.4, 0.5) is 0 Å². The van der Waals surface area contributed by atoms with Gasteiger partial charge in [0, 0.05) is 33.2 Å². The predicted molar refractivity (Wildman–Crippen MR) is 163 cm³/mol. The monoisotopic (exact) mass is 516 g/mol. The highest BCUT2D eigenvalue weighted by atomic mass is 15.0. The molecule has 3 heterocycles. The van der Waals surface area contributed by atoms with Crippen LogP contribution in [0.15, 0.2) is 115 Å². The largest absolute Gasteiger partial charge is 0.309 e. The zero-order valence-corrected chi connectivity index (χ0v) is 22.5. The van der Waals surface area contributed by atoms with E-state index in [1.807, 2.05) is 18.2 Å². The van der Waals surface area contributed by atoms with Gasteiger partial charge in [-0.25, -0.2) is 15.0 Å². The van der Waals surface area contributed by atoms with Gasteiger partial charge >= 0.3 is 0 Å². The van der Waals surface area contributed by atoms with Gasteiger partial charge in [-0.05, 0) is 41.8 Å². The number of benzene rings is 4. The molecule has 1 atom stereocenters. The predicted octanol–water partition coefficient (Wildman–Crippen LogP) is 8.54. The molecule has 0 radical (unpaired) electrons. The Kier molecular flexibility index (Phi) is 4.96. The maximum atomic E-state index is 5.12. The van der Waals surface area contributed by atoms with E-state index in [1.165, 1.54) is 38.6 Å². The second-order valence-electron chi connectivity index (χ2n) is 11.3. The Morgan fingerprint density at radius 1 is 0.700 bits per heavy atom. The number of nitrogens with zero attached hydrogens (tertiary/aromatic N) is 4. The normalized spacial score (nSPS) is 16.9. The first kappa shape index (κ1) is 23.1. The molecule has 0 bridgehead atoms. The molecular formula is C36H28N4. The minimum atomic E-state index is -0.190. The van der Waals surface area contributed by atoms with E-state index in [-0.39, 0.29) is 11.3 Å². The number of rotatable bonds is 3. The molecule has 0 amide bonds. The van der Waals surface area contributed by atoms with Gasteiger partial charge in [0.25, 0.3) is 0 Å². The van der Waals surface area contributed by atoms with Gasteiger partial charge in [-0.2, -0.15) is 0 Å². The first-order chi connectivity index (χ1) is 19.6. The molecule has 4 aromatic carbocycles. The average molecular weight is 517 g/mol. The van der Waals surface area contributed by atoms with Crippen molar-refractivity contribution in [3.05, 3.63) is 132 Å². The van der Waals surface area contributed by atoms with Gasteiger partial charge in [0.1, 0.15) is 5.82 Å². The lowest BCUT2D eigenvalue weighted by atomic mass is 9.74. The zero-order chi connectivity index (χ0) is 26.8. The highest BCUT2D eigenvalue weighted by Gasteiger charge is 2.35. The number of hydrogen-bond acceptors (Lipinski definition) is 3. The third kappa shape index (κ3) is 3.35. The molecule has 192 valence electrons. The van der Waals surface area contributed by atoms with E-state index in [0.717, 1.165) is 29.2 Å². The summed E-state index contributed by atoms with van der Waals surface area (Å²) in [5, 5.41) is 2.47. The van der Waals surface area contributed by atoms with Crippen molar-refractivity contribution in [2.45, 2.75) is 31.6 Å². The van der Waals surface area contributed by atoms with Crippen LogP contribution in [0.25, 0.3) is 50.3 Å². The van der Waals surface area contributed by atoms with Crippen molar-refractivity contribution >= 4 is 21.8 Å². The van der Waals surface area contributed by atoms with Crippen LogP contribution < -0.4 is 0 Å². The Morgan fingerprint density at radius 2 is 1.45 bits per heavy atom. The molecule has 2 aliphatic rings. The van der Waals surface area contributed by atoms with Gasteiger partial charge in [0.05, 0.1) is 16.7 Å². The molecule has 4 nitrogen and oxygen atoms in total. The first-order valence-corrected chi connectivity index (χ1v) is 13.9. The smallest absolute Gasteiger partial charge is 0.163 e. The summed E-state index contributed by atoms with van der Waals surface area (Å²) in [5.41, 5.74) is 8.19. The fraction of sp³-hybridized carbons (Fsp3) is 0.139. The van der Waals surface area contributed by atoms with Gasteiger partial charge in [0.15, 0.2) is 11.6 Å². The minimum absolute atomic E-state index is 0.126. The van der Waals surface area contributed by atoms with Crippen LogP contribution in [0.3, 0.4) is 0 Å². The molecule has 1 aliphatic carbocycles. The van der Waals surface area contributed by atoms with Gasteiger partial charge in [-0.1, -0.05) is 105 Å². The van der Waals surface area contributed by atoms with E-state index in [0.29, 0.717) is 5.82 Å². The van der Waals surface area contributed by atoms with Gasteiger partial charge in [-0.3, -0.25) is 0 Å². The van der Waals surface area contributed by atoms with E-state index < -0.39 is 0 Å². The molecule has 8 rings (SSSR count). The fourth-order valence-electron chi connectivity index (χ4n) is 6.47. The second-order valence-corrected chi connectivity index (χ2v) is 11.3. The molecule has 0 N–H and O–H groups in total. The van der Waals surface area contributed by atoms with Crippen molar-refractivity contribution in [3.63, 3.8) is 0 Å². The van der Waals surface area contributed by atoms with E-state index in [9.17, 15) is 0 Å². The highest BCUT2D eigenvalue weighted by Crippen LogP contribution is 2.48. The van der Waals surface area contributed by atoms with Crippen molar-refractivity contribution in [1.82, 2.24) is 19.5 Å². The summed E-state index contributed by atoms with van der Waals surface area (Å²) in [6.07, 6.45) is 9.43. The van der Waals surface area contributed by atoms with Crippen LogP contribution in [0, 0.1) is 0 Å². The maximum Gasteiger partial charge on any atom is 0.163 e. The fourth-order valence-corrected chi connectivity index (χ4v) is 6.47. The lowest BCUT2D eigenvalue weighted by Gasteiger charge is -2.35. The summed E-state index contributed by atoms with van der Waals surface area (Å²) in [7, 11) is 0. The van der Waals surface area contributed by atoms with E-state index in [4.69, 9.17) is 15.0 Å². The molecule has 4 heteroatoms. The summed E-state index contributed by atoms with van der Waals surface area (Å²) in [6.45, 7) is 4.66. The van der Waals surface area contributed by atoms with E-state index >= 15 is 0 Å². The molecule has 0 spiro atoms. The molecule has 0 saturated heterocycles. The Bertz CT molecular complexity index is 2010. The quantitative estimate of drug-likeness (QED) is 0.237. The van der Waals surface area contributed by atoms with Gasteiger partial charge in [0.2, 0.25) is 0 Å². The molecule has 2 aromatic heterocycles. The molecule has 1 aliphatic heterocycles. The standard InChI is InChI=1S/C36H28N4/c1-36(2)28-18-10-12-20-31(28)40-30-19-11-9-17-26(30)27-21-25(22-29(36)32(27)40)35-38-33(23-13-5-3-6-14-23)37-34(39-35)24-15-7-4-8-16-24/h3-15,17-22,24H,16H2,1-2H3. The van der Waals surface area contributed by atoms with Crippen molar-refractivity contribution < 1.29 is 0 Å². The third-order valence-corrected chi connectivity index (χ3v) is 8.52. The van der Waals surface area contributed by atoms with E-state index in [1.54, 1.807) is 0 Å². The number of hydrogen-bond donors (Lipinski definition) is 0. The van der Waals surface area contributed by atoms with Crippen molar-refractivity contribution in [2.75, 3.05) is 0 Å². The van der Waals surface area contributed by atoms with Crippen LogP contribution in [0.5, 0.6) is 0 Å². The summed E-state index contributed by atoms with van der Waals surface area (Å²) in [5.74, 6) is 2.37. The molecule has 6 aromatic rings. The number of aromatic nitrogens is 4. The zero-order valence-electron chi connectivity index (χ0n) is 22.5. The second kappa shape index (κ2) is 8.59. The van der Waals surface area contributed by atoms with Crippen molar-refractivity contribution in [3.8, 4) is 28.5 Å². The Hall–Kier alpha value is -4.83. The highest BCUT2D eigenvalue weighted by molar-refractivity contribution is 6.12. The molecule has 0 fully saturated rings. The Morgan fingerprint density at radius 3 is 2.27 bits per heavy atom. The topological polar surface area (TPSA) is 43.6 Å². The first-order valence-electron chi connectivity index (χ1n) is 13.9. The Balaban J connectivity index is 1.44. The minimum Gasteiger partial charge on any atom is -0.309 e. The lowest BCUT2D eigenvalue weighted by Crippen LogP contribution is -2.26. The maximum absolute atomic E-state index is 5.12. The van der Waals surface area contributed by atoms with Crippen LogP contribution >= 0.6 is 0 Å². The van der Waals surface area contributed by atoms with Gasteiger partial charge < -0.3 is 4.57 Å². The van der Waals surface area contributed by atoms with Crippen molar-refractivity contribution in [1.29, 1.82) is 0 Å². The van der Waals surface area contributed by atoms with Crippen molar-refractivity contribution in [2.24, 2.45) is 0 Å². The average Bonchev–Trinajstić information content (AvgIpc) is 3.35. The Labute approximate surface area is 233 Å². The van der Waals surface area contributed by atoms with E-state index in [2.05, 4.69) is 116 Å². The van der Waals surface area contributed by atoms with Crippen LogP contribution in [0.2, 0.25) is 0 Å². The number of allylic oxidation sites excluding steroid dienone is 4. The number of para-hydroxylation sites is 2. The molecule has 1 unspecified atom stereocenters. The molecular weight excluding hydrogens is 488 g/mol. The number of fused-ring (bicyclic) bond motifs is 5. The van der Waals surface area contributed by atoms with Crippen LogP contribution in [-0.2, 0) is 5.41 Å². The summed E-state index contributed by atoms with van der Waals surface area (Å²) >= 11 is 0. The van der Waals surface area contributed by atoms with Crippen LogP contribution in [-0.4, -0.2) is 19.5 Å². The molecule has 0 saturated carbocycles.